The predicted octanol–water partition coefficient (Wildman–Crippen LogP) is 6.57. The molecule has 0 saturated heterocycles. The molecule has 0 aliphatic heterocycles. The van der Waals surface area contributed by atoms with E-state index in [2.05, 4.69) is 0 Å². The van der Waals surface area contributed by atoms with Crippen LogP contribution in [0.25, 0.3) is 0 Å². The minimum absolute atomic E-state index is 0.127. The first-order valence-electron chi connectivity index (χ1n) is 15.3. The highest BCUT2D eigenvalue weighted by atomic mass is 16.5. The van der Waals surface area contributed by atoms with E-state index in [0.29, 0.717) is 29.1 Å². The molecular formula is C33H42O5. The Morgan fingerprint density at radius 2 is 1.00 bits per heavy atom. The van der Waals surface area contributed by atoms with Crippen molar-refractivity contribution in [3.8, 4) is 5.75 Å². The summed E-state index contributed by atoms with van der Waals surface area (Å²) in [5.41, 5.74) is -0.0504. The van der Waals surface area contributed by atoms with Gasteiger partial charge in [0.25, 0.3) is 0 Å². The van der Waals surface area contributed by atoms with Crippen LogP contribution in [0.5, 0.6) is 5.75 Å². The molecule has 0 unspecified atom stereocenters. The minimum Gasteiger partial charge on any atom is -0.483 e. The van der Waals surface area contributed by atoms with Gasteiger partial charge in [0.2, 0.25) is 0 Å². The lowest BCUT2D eigenvalue weighted by Crippen LogP contribution is -2.53. The van der Waals surface area contributed by atoms with Gasteiger partial charge < -0.3 is 9.47 Å². The zero-order valence-electron chi connectivity index (χ0n) is 23.0. The molecular weight excluding hydrogens is 476 g/mol. The lowest BCUT2D eigenvalue weighted by atomic mass is 9.48. The third-order valence-electron chi connectivity index (χ3n) is 11.5. The fourth-order valence-corrected chi connectivity index (χ4v) is 10.9. The van der Waals surface area contributed by atoms with Gasteiger partial charge in [0, 0.05) is 10.8 Å². The predicted molar refractivity (Wildman–Crippen MR) is 143 cm³/mol. The van der Waals surface area contributed by atoms with E-state index in [1.165, 1.54) is 38.5 Å². The summed E-state index contributed by atoms with van der Waals surface area (Å²) >= 11 is 0. The molecule has 8 saturated carbocycles. The molecule has 0 N–H and O–H groups in total. The summed E-state index contributed by atoms with van der Waals surface area (Å²) in [6.07, 6.45) is 12.6. The van der Waals surface area contributed by atoms with Crippen molar-refractivity contribution >= 4 is 17.5 Å². The Morgan fingerprint density at radius 1 is 0.632 bits per heavy atom. The molecule has 0 spiro atoms. The molecule has 38 heavy (non-hydrogen) atoms. The van der Waals surface area contributed by atoms with Crippen molar-refractivity contribution in [1.82, 2.24) is 0 Å². The summed E-state index contributed by atoms with van der Waals surface area (Å²) in [7, 11) is 0. The van der Waals surface area contributed by atoms with Gasteiger partial charge in [-0.25, -0.2) is 4.79 Å². The fourth-order valence-electron chi connectivity index (χ4n) is 10.9. The van der Waals surface area contributed by atoms with Crippen LogP contribution in [0.3, 0.4) is 0 Å². The third kappa shape index (κ3) is 4.14. The molecule has 8 bridgehead atoms. The van der Waals surface area contributed by atoms with Gasteiger partial charge in [-0.05, 0) is 151 Å². The van der Waals surface area contributed by atoms with Gasteiger partial charge in [-0.1, -0.05) is 0 Å². The van der Waals surface area contributed by atoms with Crippen molar-refractivity contribution in [1.29, 1.82) is 0 Å². The first-order valence-corrected chi connectivity index (χ1v) is 15.3. The molecule has 1 aromatic rings. The fraction of sp³-hybridized carbons (Fsp3) is 0.727. The smallest absolute Gasteiger partial charge is 0.338 e. The van der Waals surface area contributed by atoms with Crippen molar-refractivity contribution in [2.75, 3.05) is 0 Å². The van der Waals surface area contributed by atoms with Crippen molar-refractivity contribution in [2.24, 2.45) is 46.3 Å². The zero-order chi connectivity index (χ0) is 26.2. The van der Waals surface area contributed by atoms with E-state index < -0.39 is 18.2 Å². The van der Waals surface area contributed by atoms with Crippen molar-refractivity contribution in [3.63, 3.8) is 0 Å². The highest BCUT2D eigenvalue weighted by molar-refractivity contribution is 5.95. The van der Waals surface area contributed by atoms with Gasteiger partial charge in [-0.3, -0.25) is 9.59 Å². The van der Waals surface area contributed by atoms with E-state index in [1.54, 1.807) is 31.2 Å². The summed E-state index contributed by atoms with van der Waals surface area (Å²) in [6.45, 7) is 3.62. The molecule has 204 valence electrons. The second kappa shape index (κ2) is 8.93. The summed E-state index contributed by atoms with van der Waals surface area (Å²) in [5, 5.41) is 0. The van der Waals surface area contributed by atoms with Crippen LogP contribution in [0.15, 0.2) is 24.3 Å². The molecule has 0 amide bonds. The van der Waals surface area contributed by atoms with Crippen LogP contribution >= 0.6 is 0 Å². The van der Waals surface area contributed by atoms with Crippen LogP contribution in [-0.4, -0.2) is 29.7 Å². The lowest BCUT2D eigenvalue weighted by molar-refractivity contribution is -0.152. The lowest BCUT2D eigenvalue weighted by Gasteiger charge is -2.56. The molecule has 9 rings (SSSR count). The number of ether oxygens (including phenoxy) is 2. The zero-order valence-corrected chi connectivity index (χ0v) is 23.0. The summed E-state index contributed by atoms with van der Waals surface area (Å²) < 4.78 is 11.8. The van der Waals surface area contributed by atoms with E-state index in [1.807, 2.05) is 6.92 Å². The maximum atomic E-state index is 13.6. The number of hydrogen-bond donors (Lipinski definition) is 0. The number of rotatable bonds is 8. The first kappa shape index (κ1) is 24.8. The van der Waals surface area contributed by atoms with Crippen LogP contribution in [0.1, 0.15) is 101 Å². The Labute approximate surface area is 226 Å². The summed E-state index contributed by atoms with van der Waals surface area (Å²) in [6, 6.07) is 6.85. The Balaban J connectivity index is 0.963. The van der Waals surface area contributed by atoms with Gasteiger partial charge in [0.1, 0.15) is 5.75 Å². The number of benzene rings is 1. The molecule has 0 radical (unpaired) electrons. The van der Waals surface area contributed by atoms with Gasteiger partial charge in [0.05, 0.1) is 5.56 Å². The number of carbonyl (C=O) groups excluding carboxylic acids is 3. The van der Waals surface area contributed by atoms with Crippen LogP contribution in [-0.2, 0) is 14.3 Å². The van der Waals surface area contributed by atoms with E-state index in [9.17, 15) is 14.4 Å². The van der Waals surface area contributed by atoms with Crippen LogP contribution < -0.4 is 4.74 Å². The Bertz CT molecular complexity index is 1060. The Kier molecular flexibility index (Phi) is 5.83. The van der Waals surface area contributed by atoms with Crippen molar-refractivity contribution in [3.05, 3.63) is 29.8 Å². The van der Waals surface area contributed by atoms with Crippen molar-refractivity contribution in [2.45, 2.75) is 103 Å². The average Bonchev–Trinajstić information content (AvgIpc) is 2.86. The van der Waals surface area contributed by atoms with Crippen LogP contribution in [0.2, 0.25) is 0 Å². The number of ketones is 2. The minimum atomic E-state index is -0.729. The molecule has 8 aliphatic rings. The molecule has 5 heteroatoms. The maximum absolute atomic E-state index is 13.6. The van der Waals surface area contributed by atoms with Gasteiger partial charge in [-0.15, -0.1) is 0 Å². The monoisotopic (exact) mass is 518 g/mol. The number of hydrogen-bond acceptors (Lipinski definition) is 5. The molecule has 5 nitrogen and oxygen atoms in total. The maximum Gasteiger partial charge on any atom is 0.338 e. The number of esters is 1. The van der Waals surface area contributed by atoms with E-state index in [0.717, 1.165) is 56.3 Å². The van der Waals surface area contributed by atoms with E-state index >= 15 is 0 Å². The second-order valence-electron chi connectivity index (χ2n) is 14.5. The van der Waals surface area contributed by atoms with Crippen molar-refractivity contribution < 1.29 is 23.9 Å². The first-order chi connectivity index (χ1) is 18.2. The molecule has 8 fully saturated rings. The van der Waals surface area contributed by atoms with Crippen LogP contribution in [0.4, 0.5) is 0 Å². The largest absolute Gasteiger partial charge is 0.483 e. The van der Waals surface area contributed by atoms with E-state index in [-0.39, 0.29) is 22.4 Å². The molecule has 0 aromatic heterocycles. The van der Waals surface area contributed by atoms with Gasteiger partial charge in [-0.2, -0.15) is 0 Å². The molecule has 0 heterocycles. The van der Waals surface area contributed by atoms with Gasteiger partial charge >= 0.3 is 5.97 Å². The average molecular weight is 519 g/mol. The molecule has 2 atom stereocenters. The number of carbonyl (C=O) groups is 3. The standard InChI is InChI=1S/C33H42O5/c1-19(29(34)32-13-21-7-22(14-32)9-23(8-21)15-32)37-28-5-3-27(4-6-28)31(36)38-20(2)30(35)33-16-24-10-25(17-33)12-26(11-24)18-33/h3-6,19-26H,7-18H2,1-2H3/t19-,20+,21?,22?,23?,24?,25?,26?,32?,33?/m1/s1. The quantitative estimate of drug-likeness (QED) is 0.364. The van der Waals surface area contributed by atoms with Gasteiger partial charge in [0.15, 0.2) is 23.8 Å². The summed E-state index contributed by atoms with van der Waals surface area (Å²) in [5.74, 6) is 4.71. The Morgan fingerprint density at radius 3 is 1.39 bits per heavy atom. The van der Waals surface area contributed by atoms with Crippen LogP contribution in [0, 0.1) is 46.3 Å². The molecule has 8 aliphatic carbocycles. The third-order valence-corrected chi connectivity index (χ3v) is 11.5. The Hall–Kier alpha value is -2.17. The second-order valence-corrected chi connectivity index (χ2v) is 14.5. The highest BCUT2D eigenvalue weighted by Crippen LogP contribution is 2.61. The topological polar surface area (TPSA) is 69.7 Å². The molecule has 1 aromatic carbocycles. The number of Topliss-reactive ketones (excluding diaryl/α,β-unsaturated/α-hetero) is 2. The normalized spacial score (nSPS) is 41.5. The SMILES string of the molecule is C[C@H](OC(=O)c1ccc(O[C@H](C)C(=O)C23CC4CC(CC(C4)C2)C3)cc1)C(=O)C12CC3CC(CC(C3)C1)C2. The summed E-state index contributed by atoms with van der Waals surface area (Å²) in [4.78, 5) is 40.0. The highest BCUT2D eigenvalue weighted by Gasteiger charge is 2.56. The van der Waals surface area contributed by atoms with E-state index in [4.69, 9.17) is 9.47 Å².